The molecule has 0 saturated heterocycles. The van der Waals surface area contributed by atoms with Crippen LogP contribution in [0.15, 0.2) is 30.3 Å². The van der Waals surface area contributed by atoms with Crippen molar-refractivity contribution in [2.75, 3.05) is 0 Å². The van der Waals surface area contributed by atoms with Crippen LogP contribution in [0.1, 0.15) is 27.2 Å². The normalized spacial score (nSPS) is 13.2. The van der Waals surface area contributed by atoms with Gasteiger partial charge in [0.25, 0.3) is 5.24 Å². The van der Waals surface area contributed by atoms with Crippen molar-refractivity contribution in [2.24, 2.45) is 5.41 Å². The van der Waals surface area contributed by atoms with E-state index in [0.717, 1.165) is 6.42 Å². The van der Waals surface area contributed by atoms with E-state index < -0.39 is 11.3 Å². The van der Waals surface area contributed by atoms with Gasteiger partial charge in [0.1, 0.15) is 5.75 Å². The molecule has 0 aliphatic carbocycles. The van der Waals surface area contributed by atoms with Crippen molar-refractivity contribution in [2.45, 2.75) is 33.3 Å². The second-order valence-corrected chi connectivity index (χ2v) is 4.83. The molecule has 3 heteroatoms. The Morgan fingerprint density at radius 1 is 1.38 bits per heavy atom. The minimum atomic E-state index is -0.610. The summed E-state index contributed by atoms with van der Waals surface area (Å²) in [6, 6.07) is 9.26. The van der Waals surface area contributed by atoms with Crippen molar-refractivity contribution < 1.29 is 9.53 Å². The van der Waals surface area contributed by atoms with E-state index in [-0.39, 0.29) is 5.41 Å². The summed E-state index contributed by atoms with van der Waals surface area (Å²) in [5.74, 6) is 0.669. The van der Waals surface area contributed by atoms with Gasteiger partial charge in [-0.2, -0.15) is 0 Å². The summed E-state index contributed by atoms with van der Waals surface area (Å²) in [5, 5.41) is -0.448. The molecular weight excluding hydrogens is 224 g/mol. The zero-order chi connectivity index (χ0) is 12.2. The quantitative estimate of drug-likeness (QED) is 0.735. The lowest BCUT2D eigenvalue weighted by Crippen LogP contribution is -2.38. The molecule has 16 heavy (non-hydrogen) atoms. The van der Waals surface area contributed by atoms with E-state index in [1.807, 2.05) is 51.1 Å². The third-order valence-corrected chi connectivity index (χ3v) is 3.02. The summed E-state index contributed by atoms with van der Waals surface area (Å²) in [4.78, 5) is 11.4. The third-order valence-electron chi connectivity index (χ3n) is 2.82. The van der Waals surface area contributed by atoms with Gasteiger partial charge < -0.3 is 4.74 Å². The van der Waals surface area contributed by atoms with E-state index in [2.05, 4.69) is 0 Å². The molecule has 0 amide bonds. The Kier molecular flexibility index (Phi) is 4.36. The van der Waals surface area contributed by atoms with Crippen LogP contribution >= 0.6 is 11.6 Å². The molecule has 0 N–H and O–H groups in total. The van der Waals surface area contributed by atoms with Gasteiger partial charge in [0, 0.05) is 5.41 Å². The summed E-state index contributed by atoms with van der Waals surface area (Å²) in [7, 11) is 0. The minimum absolute atomic E-state index is 0.269. The van der Waals surface area contributed by atoms with E-state index in [1.165, 1.54) is 0 Å². The van der Waals surface area contributed by atoms with Crippen molar-refractivity contribution in [3.8, 4) is 5.75 Å². The van der Waals surface area contributed by atoms with E-state index in [1.54, 1.807) is 0 Å². The number of halogens is 1. The standard InChI is InChI=1S/C13H17ClO2/c1-4-13(2,3)11(12(14)15)16-10-8-6-5-7-9-10/h5-9,11H,4H2,1-3H3. The van der Waals surface area contributed by atoms with Crippen LogP contribution in [0.2, 0.25) is 0 Å². The zero-order valence-electron chi connectivity index (χ0n) is 9.87. The Hall–Kier alpha value is -1.02. The molecule has 0 saturated carbocycles. The number of carbonyl (C=O) groups is 1. The Labute approximate surface area is 102 Å². The van der Waals surface area contributed by atoms with Gasteiger partial charge in [-0.3, -0.25) is 4.79 Å². The molecule has 0 aliphatic heterocycles. The van der Waals surface area contributed by atoms with Crippen LogP contribution < -0.4 is 4.74 Å². The van der Waals surface area contributed by atoms with E-state index >= 15 is 0 Å². The number of hydrogen-bond donors (Lipinski definition) is 0. The van der Waals surface area contributed by atoms with Gasteiger partial charge in [-0.1, -0.05) is 39.0 Å². The summed E-state index contributed by atoms with van der Waals surface area (Å²) in [5.41, 5.74) is -0.269. The molecule has 0 heterocycles. The lowest BCUT2D eigenvalue weighted by molar-refractivity contribution is -0.122. The molecule has 88 valence electrons. The number of rotatable bonds is 5. The molecular formula is C13H17ClO2. The number of benzene rings is 1. The van der Waals surface area contributed by atoms with Crippen LogP contribution in [0, 0.1) is 5.41 Å². The first-order valence-electron chi connectivity index (χ1n) is 5.38. The summed E-state index contributed by atoms with van der Waals surface area (Å²) >= 11 is 5.59. The summed E-state index contributed by atoms with van der Waals surface area (Å²) in [6.45, 7) is 5.96. The maximum atomic E-state index is 11.4. The predicted octanol–water partition coefficient (Wildman–Crippen LogP) is 3.64. The monoisotopic (exact) mass is 240 g/mol. The van der Waals surface area contributed by atoms with E-state index in [9.17, 15) is 4.79 Å². The average molecular weight is 241 g/mol. The topological polar surface area (TPSA) is 26.3 Å². The fourth-order valence-corrected chi connectivity index (χ4v) is 1.67. The molecule has 0 aliphatic rings. The Balaban J connectivity index is 2.85. The fourth-order valence-electron chi connectivity index (χ4n) is 1.33. The molecule has 1 atom stereocenters. The molecule has 0 bridgehead atoms. The lowest BCUT2D eigenvalue weighted by Gasteiger charge is -2.30. The minimum Gasteiger partial charge on any atom is -0.481 e. The third kappa shape index (κ3) is 3.24. The first-order valence-corrected chi connectivity index (χ1v) is 5.76. The average Bonchev–Trinajstić information content (AvgIpc) is 2.26. The second-order valence-electron chi connectivity index (χ2n) is 4.46. The fraction of sp³-hybridized carbons (Fsp3) is 0.462. The number of para-hydroxylation sites is 1. The highest BCUT2D eigenvalue weighted by molar-refractivity contribution is 6.64. The van der Waals surface area contributed by atoms with Crippen molar-refractivity contribution in [1.29, 1.82) is 0 Å². The highest BCUT2D eigenvalue weighted by Crippen LogP contribution is 2.30. The van der Waals surface area contributed by atoms with Gasteiger partial charge in [0.15, 0.2) is 6.10 Å². The Morgan fingerprint density at radius 3 is 2.38 bits per heavy atom. The van der Waals surface area contributed by atoms with Gasteiger partial charge in [-0.25, -0.2) is 0 Å². The van der Waals surface area contributed by atoms with Crippen LogP contribution in [0.3, 0.4) is 0 Å². The van der Waals surface area contributed by atoms with Gasteiger partial charge in [0.05, 0.1) is 0 Å². The van der Waals surface area contributed by atoms with Crippen molar-refractivity contribution >= 4 is 16.8 Å². The molecule has 1 aromatic carbocycles. The van der Waals surface area contributed by atoms with E-state index in [0.29, 0.717) is 5.75 Å². The molecule has 0 aromatic heterocycles. The number of hydrogen-bond acceptors (Lipinski definition) is 2. The highest BCUT2D eigenvalue weighted by atomic mass is 35.5. The van der Waals surface area contributed by atoms with Crippen molar-refractivity contribution in [3.63, 3.8) is 0 Å². The van der Waals surface area contributed by atoms with Crippen molar-refractivity contribution in [1.82, 2.24) is 0 Å². The molecule has 0 spiro atoms. The first kappa shape index (κ1) is 13.0. The Morgan fingerprint density at radius 2 is 1.94 bits per heavy atom. The SMILES string of the molecule is CCC(C)(C)C(Oc1ccccc1)C(=O)Cl. The highest BCUT2D eigenvalue weighted by Gasteiger charge is 2.34. The van der Waals surface area contributed by atoms with E-state index in [4.69, 9.17) is 16.3 Å². The lowest BCUT2D eigenvalue weighted by atomic mass is 9.84. The van der Waals surface area contributed by atoms with Crippen LogP contribution in [0.5, 0.6) is 5.75 Å². The Bertz CT molecular complexity index is 346. The van der Waals surface area contributed by atoms with Crippen LogP contribution in [-0.4, -0.2) is 11.3 Å². The molecule has 1 rings (SSSR count). The van der Waals surface area contributed by atoms with Crippen LogP contribution in [0.4, 0.5) is 0 Å². The number of carbonyl (C=O) groups excluding carboxylic acids is 1. The molecule has 2 nitrogen and oxygen atoms in total. The summed E-state index contributed by atoms with van der Waals surface area (Å²) < 4.78 is 5.65. The number of ether oxygens (including phenoxy) is 1. The molecule has 0 fully saturated rings. The largest absolute Gasteiger partial charge is 0.481 e. The zero-order valence-corrected chi connectivity index (χ0v) is 10.6. The smallest absolute Gasteiger partial charge is 0.262 e. The summed E-state index contributed by atoms with van der Waals surface area (Å²) in [6.07, 6.45) is 0.213. The predicted molar refractivity (Wildman–Crippen MR) is 65.8 cm³/mol. The van der Waals surface area contributed by atoms with Crippen molar-refractivity contribution in [3.05, 3.63) is 30.3 Å². The van der Waals surface area contributed by atoms with Crippen LogP contribution in [-0.2, 0) is 4.79 Å². The first-order chi connectivity index (χ1) is 7.47. The van der Waals surface area contributed by atoms with Gasteiger partial charge in [0.2, 0.25) is 0 Å². The van der Waals surface area contributed by atoms with Gasteiger partial charge in [-0.05, 0) is 30.2 Å². The van der Waals surface area contributed by atoms with Crippen LogP contribution in [0.25, 0.3) is 0 Å². The molecule has 1 unspecified atom stereocenters. The van der Waals surface area contributed by atoms with Gasteiger partial charge >= 0.3 is 0 Å². The maximum absolute atomic E-state index is 11.4. The molecule has 0 radical (unpaired) electrons. The maximum Gasteiger partial charge on any atom is 0.262 e. The second kappa shape index (κ2) is 5.35. The van der Waals surface area contributed by atoms with Gasteiger partial charge in [-0.15, -0.1) is 0 Å². The molecule has 1 aromatic rings.